The fourth-order valence-corrected chi connectivity index (χ4v) is 2.52. The first kappa shape index (κ1) is 16.6. The van der Waals surface area contributed by atoms with E-state index in [4.69, 9.17) is 4.74 Å². The molecule has 0 radical (unpaired) electrons. The lowest BCUT2D eigenvalue weighted by Crippen LogP contribution is -2.43. The quantitative estimate of drug-likeness (QED) is 0.716. The summed E-state index contributed by atoms with van der Waals surface area (Å²) in [7, 11) is -1.09. The Hall–Kier alpha value is -1.48. The molecule has 0 amide bonds. The number of benzene rings is 1. The fourth-order valence-electron chi connectivity index (χ4n) is 1.49. The summed E-state index contributed by atoms with van der Waals surface area (Å²) in [6.07, 6.45) is 0. The molecule has 0 fully saturated rings. The first-order valence-electron chi connectivity index (χ1n) is 5.88. The molecule has 0 heterocycles. The molecule has 2 N–H and O–H groups in total. The smallest absolute Gasteiger partial charge is 0.326 e. The van der Waals surface area contributed by atoms with Crippen molar-refractivity contribution in [2.75, 3.05) is 27.3 Å². The molecule has 0 aliphatic rings. The van der Waals surface area contributed by atoms with Crippen molar-refractivity contribution in [1.29, 1.82) is 0 Å². The Labute approximate surface area is 118 Å². The van der Waals surface area contributed by atoms with E-state index in [0.717, 1.165) is 4.31 Å². The van der Waals surface area contributed by atoms with Gasteiger partial charge in [0, 0.05) is 20.7 Å². The molecule has 0 aromatic heterocycles. The van der Waals surface area contributed by atoms with Gasteiger partial charge >= 0.3 is 5.97 Å². The van der Waals surface area contributed by atoms with Crippen LogP contribution in [0.25, 0.3) is 0 Å². The van der Waals surface area contributed by atoms with Gasteiger partial charge in [0.25, 0.3) is 10.2 Å². The number of hydrogen-bond acceptors (Lipinski definition) is 4. The summed E-state index contributed by atoms with van der Waals surface area (Å²) in [5.74, 6) is -1.26. The van der Waals surface area contributed by atoms with Gasteiger partial charge < -0.3 is 9.84 Å². The third-order valence-corrected chi connectivity index (χ3v) is 4.20. The second-order valence-corrected chi connectivity index (χ2v) is 5.93. The average Bonchev–Trinajstić information content (AvgIpc) is 2.42. The zero-order chi connectivity index (χ0) is 15.2. The molecule has 0 aliphatic carbocycles. The molecule has 0 spiro atoms. The summed E-state index contributed by atoms with van der Waals surface area (Å²) < 4.78 is 32.0. The number of carbonyl (C=O) groups is 1. The van der Waals surface area contributed by atoms with Crippen LogP contribution in [0.5, 0.6) is 0 Å². The van der Waals surface area contributed by atoms with Crippen LogP contribution >= 0.6 is 0 Å². The van der Waals surface area contributed by atoms with E-state index in [0.29, 0.717) is 5.56 Å². The summed E-state index contributed by atoms with van der Waals surface area (Å²) in [6, 6.07) is 6.79. The molecule has 0 saturated heterocycles. The van der Waals surface area contributed by atoms with Crippen LogP contribution in [-0.2, 0) is 19.7 Å². The van der Waals surface area contributed by atoms with Crippen LogP contribution in [0.2, 0.25) is 0 Å². The molecule has 1 aromatic carbocycles. The lowest BCUT2D eigenvalue weighted by atomic mass is 10.1. The SMILES string of the molecule is COCCN(C)S(=O)(=O)N[C@H](C(=O)O)c1ccccc1. The predicted octanol–water partition coefficient (Wildman–Crippen LogP) is 0.225. The van der Waals surface area contributed by atoms with Gasteiger partial charge in [0.15, 0.2) is 0 Å². The van der Waals surface area contributed by atoms with E-state index in [1.807, 2.05) is 0 Å². The molecule has 112 valence electrons. The molecule has 8 heteroatoms. The average molecular weight is 302 g/mol. The van der Waals surface area contributed by atoms with E-state index in [1.54, 1.807) is 30.3 Å². The Morgan fingerprint density at radius 3 is 2.50 bits per heavy atom. The molecule has 0 aliphatic heterocycles. The van der Waals surface area contributed by atoms with Crippen LogP contribution in [0.3, 0.4) is 0 Å². The monoisotopic (exact) mass is 302 g/mol. The predicted molar refractivity (Wildman–Crippen MR) is 73.4 cm³/mol. The Balaban J connectivity index is 2.88. The van der Waals surface area contributed by atoms with Gasteiger partial charge in [-0.05, 0) is 5.56 Å². The highest BCUT2D eigenvalue weighted by atomic mass is 32.2. The highest BCUT2D eigenvalue weighted by Crippen LogP contribution is 2.14. The van der Waals surface area contributed by atoms with Gasteiger partial charge in [0.2, 0.25) is 0 Å². The van der Waals surface area contributed by atoms with Crippen LogP contribution in [0.15, 0.2) is 30.3 Å². The number of carboxylic acid groups (broad SMARTS) is 1. The van der Waals surface area contributed by atoms with Crippen LogP contribution in [0, 0.1) is 0 Å². The van der Waals surface area contributed by atoms with Gasteiger partial charge in [0.1, 0.15) is 6.04 Å². The minimum absolute atomic E-state index is 0.132. The largest absolute Gasteiger partial charge is 0.480 e. The standard InChI is InChI=1S/C12H18N2O5S/c1-14(8-9-19-2)20(17,18)13-11(12(15)16)10-6-4-3-5-7-10/h3-7,11,13H,8-9H2,1-2H3,(H,15,16)/t11-/m0/s1. The fraction of sp³-hybridized carbons (Fsp3) is 0.417. The van der Waals surface area contributed by atoms with E-state index < -0.39 is 22.2 Å². The van der Waals surface area contributed by atoms with Gasteiger partial charge in [-0.15, -0.1) is 0 Å². The lowest BCUT2D eigenvalue weighted by molar-refractivity contribution is -0.139. The Morgan fingerprint density at radius 2 is 2.00 bits per heavy atom. The van der Waals surface area contributed by atoms with Gasteiger partial charge in [-0.25, -0.2) is 0 Å². The van der Waals surface area contributed by atoms with E-state index in [2.05, 4.69) is 4.72 Å². The Morgan fingerprint density at radius 1 is 1.40 bits per heavy atom. The van der Waals surface area contributed by atoms with Crippen LogP contribution < -0.4 is 4.72 Å². The maximum Gasteiger partial charge on any atom is 0.326 e. The van der Waals surface area contributed by atoms with Crippen molar-refractivity contribution in [2.24, 2.45) is 0 Å². The number of aliphatic carboxylic acids is 1. The summed E-state index contributed by atoms with van der Waals surface area (Å²) >= 11 is 0. The second kappa shape index (κ2) is 7.34. The third kappa shape index (κ3) is 4.57. The number of hydrogen-bond donors (Lipinski definition) is 2. The summed E-state index contributed by atoms with van der Waals surface area (Å²) in [5, 5.41) is 9.18. The molecule has 0 saturated carbocycles. The minimum Gasteiger partial charge on any atom is -0.480 e. The van der Waals surface area contributed by atoms with Crippen LogP contribution in [0.1, 0.15) is 11.6 Å². The van der Waals surface area contributed by atoms with E-state index in [1.165, 1.54) is 14.2 Å². The number of nitrogens with one attached hydrogen (secondary N) is 1. The van der Waals surface area contributed by atoms with Crippen molar-refractivity contribution in [3.05, 3.63) is 35.9 Å². The lowest BCUT2D eigenvalue weighted by Gasteiger charge is -2.21. The van der Waals surface area contributed by atoms with Crippen molar-refractivity contribution >= 4 is 16.2 Å². The van der Waals surface area contributed by atoms with E-state index >= 15 is 0 Å². The van der Waals surface area contributed by atoms with E-state index in [-0.39, 0.29) is 13.2 Å². The molecular weight excluding hydrogens is 284 g/mol. The molecule has 1 atom stereocenters. The van der Waals surface area contributed by atoms with Crippen molar-refractivity contribution in [2.45, 2.75) is 6.04 Å². The Kier molecular flexibility index (Phi) is 6.08. The molecule has 0 unspecified atom stereocenters. The van der Waals surface area contributed by atoms with Crippen molar-refractivity contribution in [1.82, 2.24) is 9.03 Å². The van der Waals surface area contributed by atoms with Crippen molar-refractivity contribution in [3.63, 3.8) is 0 Å². The summed E-state index contributed by atoms with van der Waals surface area (Å²) in [5.41, 5.74) is 0.365. The highest BCUT2D eigenvalue weighted by Gasteiger charge is 2.28. The number of ether oxygens (including phenoxy) is 1. The second-order valence-electron chi connectivity index (χ2n) is 4.12. The molecular formula is C12H18N2O5S. The molecule has 20 heavy (non-hydrogen) atoms. The number of methoxy groups -OCH3 is 1. The highest BCUT2D eigenvalue weighted by molar-refractivity contribution is 7.87. The number of carboxylic acids is 1. The Bertz CT molecular complexity index is 532. The zero-order valence-corrected chi connectivity index (χ0v) is 12.1. The van der Waals surface area contributed by atoms with Crippen molar-refractivity contribution in [3.8, 4) is 0 Å². The summed E-state index contributed by atoms with van der Waals surface area (Å²) in [6.45, 7) is 0.355. The molecule has 7 nitrogen and oxygen atoms in total. The normalized spacial score (nSPS) is 13.3. The van der Waals surface area contributed by atoms with Crippen LogP contribution in [-0.4, -0.2) is 51.1 Å². The first-order valence-corrected chi connectivity index (χ1v) is 7.32. The number of nitrogens with zero attached hydrogens (tertiary/aromatic N) is 1. The maximum absolute atomic E-state index is 12.0. The number of likely N-dealkylation sites (N-methyl/N-ethyl adjacent to an activating group) is 1. The first-order chi connectivity index (χ1) is 9.38. The van der Waals surface area contributed by atoms with Crippen molar-refractivity contribution < 1.29 is 23.1 Å². The minimum atomic E-state index is -3.90. The molecule has 1 aromatic rings. The molecule has 1 rings (SSSR count). The summed E-state index contributed by atoms with van der Waals surface area (Å²) in [4.78, 5) is 11.2. The third-order valence-electron chi connectivity index (χ3n) is 2.67. The van der Waals surface area contributed by atoms with Gasteiger partial charge in [-0.3, -0.25) is 4.79 Å². The van der Waals surface area contributed by atoms with E-state index in [9.17, 15) is 18.3 Å². The zero-order valence-electron chi connectivity index (χ0n) is 11.3. The number of rotatable bonds is 8. The van der Waals surface area contributed by atoms with Gasteiger partial charge in [-0.1, -0.05) is 30.3 Å². The van der Waals surface area contributed by atoms with Gasteiger partial charge in [-0.2, -0.15) is 17.4 Å². The maximum atomic E-state index is 12.0. The van der Waals surface area contributed by atoms with Crippen LogP contribution in [0.4, 0.5) is 0 Å². The van der Waals surface area contributed by atoms with Gasteiger partial charge in [0.05, 0.1) is 6.61 Å². The topological polar surface area (TPSA) is 95.9 Å². The molecule has 0 bridgehead atoms.